The van der Waals surface area contributed by atoms with Crippen molar-refractivity contribution in [1.29, 1.82) is 0 Å². The van der Waals surface area contributed by atoms with E-state index in [0.29, 0.717) is 17.1 Å². The number of aryl methyl sites for hydroxylation is 1. The minimum atomic E-state index is -0.224. The lowest BCUT2D eigenvalue weighted by Gasteiger charge is -2.09. The van der Waals surface area contributed by atoms with Gasteiger partial charge in [-0.1, -0.05) is 6.07 Å². The molecule has 0 saturated heterocycles. The first kappa shape index (κ1) is 16.6. The Bertz CT molecular complexity index is 960. The lowest BCUT2D eigenvalue weighted by molar-refractivity contribution is -0.114. The van der Waals surface area contributed by atoms with Crippen molar-refractivity contribution in [2.45, 2.75) is 6.92 Å². The molecule has 2 aromatic carbocycles. The summed E-state index contributed by atoms with van der Waals surface area (Å²) in [5.41, 5.74) is 2.69. The standard InChI is InChI=1S/C19H19N3O3/c1-12(23)20-14-5-4-6-15(10-14)21-19(24)18-9-13-7-8-16(25-3)11-17(13)22(18)2/h4-11H,1-3H3,(H,20,23)(H,21,24). The van der Waals surface area contributed by atoms with Crippen LogP contribution >= 0.6 is 0 Å². The van der Waals surface area contributed by atoms with Crippen LogP contribution in [0.15, 0.2) is 48.5 Å². The molecule has 1 aromatic heterocycles. The Morgan fingerprint density at radius 2 is 1.72 bits per heavy atom. The highest BCUT2D eigenvalue weighted by Gasteiger charge is 2.14. The van der Waals surface area contributed by atoms with Gasteiger partial charge in [0.2, 0.25) is 5.91 Å². The van der Waals surface area contributed by atoms with Gasteiger partial charge in [0.25, 0.3) is 5.91 Å². The zero-order valence-corrected chi connectivity index (χ0v) is 14.3. The number of benzene rings is 2. The number of carbonyl (C=O) groups excluding carboxylic acids is 2. The van der Waals surface area contributed by atoms with Crippen LogP contribution in [-0.2, 0) is 11.8 Å². The third kappa shape index (κ3) is 3.47. The first-order chi connectivity index (χ1) is 12.0. The van der Waals surface area contributed by atoms with E-state index < -0.39 is 0 Å². The van der Waals surface area contributed by atoms with Crippen LogP contribution in [-0.4, -0.2) is 23.5 Å². The van der Waals surface area contributed by atoms with E-state index in [9.17, 15) is 9.59 Å². The molecule has 2 N–H and O–H groups in total. The fourth-order valence-electron chi connectivity index (χ4n) is 2.73. The summed E-state index contributed by atoms with van der Waals surface area (Å²) in [5, 5.41) is 6.51. The van der Waals surface area contributed by atoms with E-state index in [0.717, 1.165) is 16.7 Å². The van der Waals surface area contributed by atoms with E-state index >= 15 is 0 Å². The first-order valence-corrected chi connectivity index (χ1v) is 7.80. The van der Waals surface area contributed by atoms with Crippen LogP contribution in [0.1, 0.15) is 17.4 Å². The molecule has 0 fully saturated rings. The maximum atomic E-state index is 12.6. The largest absolute Gasteiger partial charge is 0.497 e. The lowest BCUT2D eigenvalue weighted by atomic mass is 10.2. The molecule has 2 amide bonds. The highest BCUT2D eigenvalue weighted by Crippen LogP contribution is 2.24. The zero-order valence-electron chi connectivity index (χ0n) is 14.3. The number of rotatable bonds is 4. The maximum Gasteiger partial charge on any atom is 0.272 e. The van der Waals surface area contributed by atoms with Crippen molar-refractivity contribution in [3.05, 3.63) is 54.2 Å². The Hall–Kier alpha value is -3.28. The first-order valence-electron chi connectivity index (χ1n) is 7.80. The molecule has 0 spiro atoms. The number of aromatic nitrogens is 1. The van der Waals surface area contributed by atoms with Gasteiger partial charge in [-0.15, -0.1) is 0 Å². The molecule has 25 heavy (non-hydrogen) atoms. The van der Waals surface area contributed by atoms with Crippen molar-refractivity contribution in [2.24, 2.45) is 7.05 Å². The lowest BCUT2D eigenvalue weighted by Crippen LogP contribution is -2.15. The number of ether oxygens (including phenoxy) is 1. The topological polar surface area (TPSA) is 72.4 Å². The van der Waals surface area contributed by atoms with Gasteiger partial charge >= 0.3 is 0 Å². The summed E-state index contributed by atoms with van der Waals surface area (Å²) in [6.45, 7) is 1.44. The molecule has 1 heterocycles. The van der Waals surface area contributed by atoms with Crippen molar-refractivity contribution in [3.8, 4) is 5.75 Å². The minimum absolute atomic E-state index is 0.161. The van der Waals surface area contributed by atoms with E-state index in [4.69, 9.17) is 4.74 Å². The quantitative estimate of drug-likeness (QED) is 0.766. The Labute approximate surface area is 145 Å². The second kappa shape index (κ2) is 6.68. The Kier molecular flexibility index (Phi) is 4.43. The Balaban J connectivity index is 1.87. The summed E-state index contributed by atoms with van der Waals surface area (Å²) in [4.78, 5) is 23.8. The number of methoxy groups -OCH3 is 1. The number of anilines is 2. The average molecular weight is 337 g/mol. The molecule has 0 aliphatic rings. The van der Waals surface area contributed by atoms with Crippen LogP contribution < -0.4 is 15.4 Å². The highest BCUT2D eigenvalue weighted by atomic mass is 16.5. The molecule has 6 nitrogen and oxygen atoms in total. The SMILES string of the molecule is COc1ccc2cc(C(=O)Nc3cccc(NC(C)=O)c3)n(C)c2c1. The summed E-state index contributed by atoms with van der Waals surface area (Å²) in [6.07, 6.45) is 0. The van der Waals surface area contributed by atoms with E-state index in [-0.39, 0.29) is 11.8 Å². The second-order valence-electron chi connectivity index (χ2n) is 5.73. The number of hydrogen-bond donors (Lipinski definition) is 2. The van der Waals surface area contributed by atoms with Gasteiger partial charge in [0.1, 0.15) is 11.4 Å². The van der Waals surface area contributed by atoms with Crippen LogP contribution in [0.5, 0.6) is 5.75 Å². The van der Waals surface area contributed by atoms with Gasteiger partial charge in [0, 0.05) is 36.8 Å². The van der Waals surface area contributed by atoms with Crippen molar-refractivity contribution in [3.63, 3.8) is 0 Å². The number of nitrogens with one attached hydrogen (secondary N) is 2. The third-order valence-electron chi connectivity index (χ3n) is 3.93. The average Bonchev–Trinajstić information content (AvgIpc) is 2.91. The van der Waals surface area contributed by atoms with Crippen LogP contribution in [0.4, 0.5) is 11.4 Å². The Morgan fingerprint density at radius 3 is 2.40 bits per heavy atom. The molecule has 0 saturated carbocycles. The van der Waals surface area contributed by atoms with E-state index in [1.54, 1.807) is 31.4 Å². The summed E-state index contributed by atoms with van der Waals surface area (Å²) < 4.78 is 7.06. The number of hydrogen-bond acceptors (Lipinski definition) is 3. The summed E-state index contributed by atoms with van der Waals surface area (Å²) in [6, 6.07) is 14.5. The van der Waals surface area contributed by atoms with Crippen LogP contribution in [0.3, 0.4) is 0 Å². The molecule has 128 valence electrons. The third-order valence-corrected chi connectivity index (χ3v) is 3.93. The van der Waals surface area contributed by atoms with Gasteiger partial charge in [0.05, 0.1) is 12.6 Å². The molecular formula is C19H19N3O3. The van der Waals surface area contributed by atoms with Crippen molar-refractivity contribution >= 4 is 34.1 Å². The monoisotopic (exact) mass is 337 g/mol. The van der Waals surface area contributed by atoms with Gasteiger partial charge in [0.15, 0.2) is 0 Å². The number of amides is 2. The normalized spacial score (nSPS) is 10.5. The molecule has 0 bridgehead atoms. The number of fused-ring (bicyclic) bond motifs is 1. The van der Waals surface area contributed by atoms with Gasteiger partial charge in [-0.05, 0) is 36.4 Å². The smallest absolute Gasteiger partial charge is 0.272 e. The molecule has 0 radical (unpaired) electrons. The Morgan fingerprint density at radius 1 is 1.00 bits per heavy atom. The highest BCUT2D eigenvalue weighted by molar-refractivity contribution is 6.06. The molecule has 3 aromatic rings. The van der Waals surface area contributed by atoms with Gasteiger partial charge < -0.3 is 19.9 Å². The predicted octanol–water partition coefficient (Wildman–Crippen LogP) is 3.40. The maximum absolute atomic E-state index is 12.6. The molecule has 6 heteroatoms. The van der Waals surface area contributed by atoms with E-state index in [1.165, 1.54) is 6.92 Å². The van der Waals surface area contributed by atoms with E-state index in [2.05, 4.69) is 10.6 Å². The summed E-state index contributed by atoms with van der Waals surface area (Å²) in [5.74, 6) is 0.354. The molecular weight excluding hydrogens is 318 g/mol. The summed E-state index contributed by atoms with van der Waals surface area (Å²) in [7, 11) is 3.45. The van der Waals surface area contributed by atoms with Crippen molar-refractivity contribution in [2.75, 3.05) is 17.7 Å². The van der Waals surface area contributed by atoms with Crippen LogP contribution in [0.2, 0.25) is 0 Å². The zero-order chi connectivity index (χ0) is 18.0. The second-order valence-corrected chi connectivity index (χ2v) is 5.73. The summed E-state index contributed by atoms with van der Waals surface area (Å²) >= 11 is 0. The van der Waals surface area contributed by atoms with Gasteiger partial charge in [-0.2, -0.15) is 0 Å². The molecule has 0 atom stereocenters. The molecule has 3 rings (SSSR count). The van der Waals surface area contributed by atoms with Gasteiger partial charge in [-0.3, -0.25) is 9.59 Å². The fraction of sp³-hybridized carbons (Fsp3) is 0.158. The fourth-order valence-corrected chi connectivity index (χ4v) is 2.73. The molecule has 0 aliphatic carbocycles. The number of nitrogens with zero attached hydrogens (tertiary/aromatic N) is 1. The molecule has 0 unspecified atom stereocenters. The number of carbonyl (C=O) groups is 2. The van der Waals surface area contributed by atoms with Gasteiger partial charge in [-0.25, -0.2) is 0 Å². The van der Waals surface area contributed by atoms with E-state index in [1.807, 2.05) is 35.9 Å². The van der Waals surface area contributed by atoms with Crippen LogP contribution in [0, 0.1) is 0 Å². The predicted molar refractivity (Wildman–Crippen MR) is 98.2 cm³/mol. The minimum Gasteiger partial charge on any atom is -0.497 e. The molecule has 0 aliphatic heterocycles. The van der Waals surface area contributed by atoms with Crippen LogP contribution in [0.25, 0.3) is 10.9 Å². The van der Waals surface area contributed by atoms with Crippen molar-refractivity contribution < 1.29 is 14.3 Å². The van der Waals surface area contributed by atoms with Crippen molar-refractivity contribution in [1.82, 2.24) is 4.57 Å².